The Hall–Kier alpha value is -1.28. The average Bonchev–Trinajstić information content (AvgIpc) is 2.44. The van der Waals surface area contributed by atoms with Gasteiger partial charge in [-0.25, -0.2) is 15.0 Å². The largest absolute Gasteiger partial charge is 0.414 e. The highest BCUT2D eigenvalue weighted by Gasteiger charge is 2.37. The van der Waals surface area contributed by atoms with Gasteiger partial charge in [0.15, 0.2) is 24.9 Å². The maximum atomic E-state index is 10.4. The highest BCUT2D eigenvalue weighted by Crippen LogP contribution is 2.37. The number of halogens is 1. The van der Waals surface area contributed by atoms with Crippen LogP contribution in [0.5, 0.6) is 0 Å². The van der Waals surface area contributed by atoms with Gasteiger partial charge in [0.05, 0.1) is 12.3 Å². The van der Waals surface area contributed by atoms with Crippen LogP contribution in [0, 0.1) is 0 Å². The molecule has 0 amide bonds. The van der Waals surface area contributed by atoms with Crippen molar-refractivity contribution in [1.29, 1.82) is 0 Å². The molecule has 0 bridgehead atoms. The molecule has 126 valence electrons. The fraction of sp³-hybridized carbons (Fsp3) is 0.533. The number of nitrogens with two attached hydrogens (primary N) is 1. The third kappa shape index (κ3) is 3.98. The van der Waals surface area contributed by atoms with E-state index in [0.29, 0.717) is 16.9 Å². The second kappa shape index (κ2) is 6.31. The van der Waals surface area contributed by atoms with Crippen molar-refractivity contribution in [1.82, 2.24) is 15.0 Å². The van der Waals surface area contributed by atoms with Gasteiger partial charge in [0.1, 0.15) is 11.6 Å². The molecule has 0 spiro atoms. The van der Waals surface area contributed by atoms with Gasteiger partial charge in [-0.15, -0.1) is 0 Å². The first-order valence-corrected chi connectivity index (χ1v) is 10.7. The summed E-state index contributed by atoms with van der Waals surface area (Å²) in [5.74, 6) is 0.121. The molecule has 0 aromatic carbocycles. The number of fused-ring (bicyclic) bond motifs is 1. The summed E-state index contributed by atoms with van der Waals surface area (Å²) in [6.45, 7) is 10.9. The van der Waals surface area contributed by atoms with E-state index in [1.54, 1.807) is 12.1 Å². The fourth-order valence-corrected chi connectivity index (χ4v) is 2.86. The molecule has 0 aliphatic heterocycles. The van der Waals surface area contributed by atoms with E-state index in [4.69, 9.17) is 21.8 Å². The minimum Gasteiger partial charge on any atom is -0.414 e. The highest BCUT2D eigenvalue weighted by atomic mass is 35.5. The normalized spacial score (nSPS) is 14.2. The molecule has 2 aromatic rings. The van der Waals surface area contributed by atoms with Crippen molar-refractivity contribution < 1.29 is 9.53 Å². The lowest BCUT2D eigenvalue weighted by Crippen LogP contribution is -2.41. The molecule has 2 aromatic heterocycles. The van der Waals surface area contributed by atoms with Gasteiger partial charge in [0, 0.05) is 0 Å². The number of nitrogen functional groups attached to an aromatic ring is 1. The Morgan fingerprint density at radius 2 is 1.91 bits per heavy atom. The molecule has 1 unspecified atom stereocenters. The number of aromatic nitrogens is 3. The van der Waals surface area contributed by atoms with E-state index < -0.39 is 14.4 Å². The maximum Gasteiger partial charge on any atom is 0.192 e. The van der Waals surface area contributed by atoms with Gasteiger partial charge in [-0.1, -0.05) is 32.4 Å². The van der Waals surface area contributed by atoms with Gasteiger partial charge in [-0.2, -0.15) is 0 Å². The van der Waals surface area contributed by atoms with E-state index in [1.807, 2.05) is 0 Å². The summed E-state index contributed by atoms with van der Waals surface area (Å²) in [4.78, 5) is 12.5. The average molecular weight is 355 g/mol. The van der Waals surface area contributed by atoms with E-state index in [1.165, 1.54) is 0 Å². The van der Waals surface area contributed by atoms with Gasteiger partial charge in [0.25, 0.3) is 0 Å². The van der Waals surface area contributed by atoms with Crippen molar-refractivity contribution >= 4 is 36.9 Å². The van der Waals surface area contributed by atoms with E-state index in [-0.39, 0.29) is 22.6 Å². The minimum atomic E-state index is -1.92. The smallest absolute Gasteiger partial charge is 0.192 e. The molecular weight excluding hydrogens is 332 g/mol. The van der Waals surface area contributed by atoms with Crippen LogP contribution in [0.3, 0.4) is 0 Å². The molecule has 0 aliphatic rings. The summed E-state index contributed by atoms with van der Waals surface area (Å²) in [6, 6.07) is 3.41. The molecular formula is C15H23ClN4O2Si. The number of anilines is 1. The molecule has 0 aliphatic carbocycles. The summed E-state index contributed by atoms with van der Waals surface area (Å²) >= 11 is 5.84. The molecule has 0 saturated carbocycles. The van der Waals surface area contributed by atoms with Gasteiger partial charge < -0.3 is 15.3 Å². The lowest BCUT2D eigenvalue weighted by molar-refractivity contribution is 0.0972. The van der Waals surface area contributed by atoms with Crippen LogP contribution >= 0.6 is 11.6 Å². The van der Waals surface area contributed by atoms with Crippen molar-refractivity contribution in [2.24, 2.45) is 0 Å². The SMILES string of the molecule is CC(C)(C)[Si](C)(C)OCC(O)c1ccc2nc(Cl)c(N)nc2n1. The van der Waals surface area contributed by atoms with Gasteiger partial charge >= 0.3 is 0 Å². The van der Waals surface area contributed by atoms with Crippen LogP contribution in [0.25, 0.3) is 11.2 Å². The first kappa shape index (κ1) is 18.1. The van der Waals surface area contributed by atoms with Gasteiger partial charge in [0.2, 0.25) is 0 Å². The number of aliphatic hydroxyl groups excluding tert-OH is 1. The van der Waals surface area contributed by atoms with Crippen molar-refractivity contribution in [2.75, 3.05) is 12.3 Å². The van der Waals surface area contributed by atoms with Crippen molar-refractivity contribution in [3.8, 4) is 0 Å². The lowest BCUT2D eigenvalue weighted by Gasteiger charge is -2.36. The van der Waals surface area contributed by atoms with Gasteiger partial charge in [-0.05, 0) is 30.3 Å². The molecule has 2 rings (SSSR count). The maximum absolute atomic E-state index is 10.4. The molecule has 23 heavy (non-hydrogen) atoms. The molecule has 8 heteroatoms. The molecule has 6 nitrogen and oxygen atoms in total. The summed E-state index contributed by atoms with van der Waals surface area (Å²) in [5, 5.41) is 10.6. The Kier molecular flexibility index (Phi) is 4.96. The molecule has 1 atom stereocenters. The van der Waals surface area contributed by atoms with Crippen molar-refractivity contribution in [2.45, 2.75) is 45.0 Å². The zero-order valence-electron chi connectivity index (χ0n) is 14.1. The molecule has 3 N–H and O–H groups in total. The number of rotatable bonds is 4. The second-order valence-electron chi connectivity index (χ2n) is 7.07. The molecule has 2 heterocycles. The predicted octanol–water partition coefficient (Wildman–Crippen LogP) is 3.32. The van der Waals surface area contributed by atoms with Crippen molar-refractivity contribution in [3.63, 3.8) is 0 Å². The van der Waals surface area contributed by atoms with E-state index in [9.17, 15) is 5.11 Å². The third-order valence-electron chi connectivity index (χ3n) is 4.28. The summed E-state index contributed by atoms with van der Waals surface area (Å²) in [7, 11) is -1.92. The molecule has 0 fully saturated rings. The molecule has 0 saturated heterocycles. The number of hydrogen-bond acceptors (Lipinski definition) is 6. The van der Waals surface area contributed by atoms with Crippen LogP contribution in [0.4, 0.5) is 5.82 Å². The second-order valence-corrected chi connectivity index (χ2v) is 12.2. The number of nitrogens with zero attached hydrogens (tertiary/aromatic N) is 3. The Labute approximate surface area is 142 Å². The van der Waals surface area contributed by atoms with Crippen LogP contribution in [-0.4, -0.2) is 35.0 Å². The summed E-state index contributed by atoms with van der Waals surface area (Å²) in [5.41, 5.74) is 7.02. The zero-order chi connectivity index (χ0) is 17.4. The molecule has 0 radical (unpaired) electrons. The topological polar surface area (TPSA) is 94.2 Å². The van der Waals surface area contributed by atoms with Crippen LogP contribution < -0.4 is 5.73 Å². The monoisotopic (exact) mass is 354 g/mol. The predicted molar refractivity (Wildman–Crippen MR) is 94.9 cm³/mol. The number of hydrogen-bond donors (Lipinski definition) is 2. The van der Waals surface area contributed by atoms with Crippen LogP contribution in [0.2, 0.25) is 23.3 Å². The van der Waals surface area contributed by atoms with Gasteiger partial charge in [-0.3, -0.25) is 0 Å². The number of aliphatic hydroxyl groups is 1. The Bertz CT molecular complexity index is 718. The Balaban J connectivity index is 2.18. The lowest BCUT2D eigenvalue weighted by atomic mass is 10.2. The zero-order valence-corrected chi connectivity index (χ0v) is 15.8. The van der Waals surface area contributed by atoms with Crippen LogP contribution in [0.1, 0.15) is 32.6 Å². The summed E-state index contributed by atoms with van der Waals surface area (Å²) < 4.78 is 6.03. The first-order valence-electron chi connectivity index (χ1n) is 7.43. The van der Waals surface area contributed by atoms with Crippen LogP contribution in [-0.2, 0) is 4.43 Å². The fourth-order valence-electron chi connectivity index (χ4n) is 1.72. The van der Waals surface area contributed by atoms with E-state index >= 15 is 0 Å². The standard InChI is InChI=1S/C15H23ClN4O2Si/c1-15(2,3)23(4,5)22-8-11(21)9-6-7-10-14(19-9)20-13(17)12(16)18-10/h6-7,11,21H,8H2,1-5H3,(H2,17,19,20). The quantitative estimate of drug-likeness (QED) is 0.818. The Morgan fingerprint density at radius 3 is 2.52 bits per heavy atom. The first-order chi connectivity index (χ1) is 10.5. The number of pyridine rings is 1. The Morgan fingerprint density at radius 1 is 1.26 bits per heavy atom. The van der Waals surface area contributed by atoms with Crippen molar-refractivity contribution in [3.05, 3.63) is 23.0 Å². The van der Waals surface area contributed by atoms with E-state index in [2.05, 4.69) is 48.8 Å². The van der Waals surface area contributed by atoms with E-state index in [0.717, 1.165) is 0 Å². The summed E-state index contributed by atoms with van der Waals surface area (Å²) in [6.07, 6.45) is -0.827. The minimum absolute atomic E-state index is 0.0835. The highest BCUT2D eigenvalue weighted by molar-refractivity contribution is 6.74. The third-order valence-corrected chi connectivity index (χ3v) is 9.06. The van der Waals surface area contributed by atoms with Crippen LogP contribution in [0.15, 0.2) is 12.1 Å².